The van der Waals surface area contributed by atoms with Crippen LogP contribution in [0.25, 0.3) is 11.0 Å². The van der Waals surface area contributed by atoms with Gasteiger partial charge in [-0.3, -0.25) is 13.9 Å². The SMILES string of the molecule is Cc1cnc2c(c1NCCOCCO)c(=O)n(C)c(=O)n2C. The van der Waals surface area contributed by atoms with Gasteiger partial charge in [-0.25, -0.2) is 9.78 Å². The fraction of sp³-hybridized carbons (Fsp3) is 0.500. The molecule has 0 unspecified atom stereocenters. The normalized spacial score (nSPS) is 11.1. The first kappa shape index (κ1) is 16.2. The second-order valence-electron chi connectivity index (χ2n) is 4.98. The minimum atomic E-state index is -0.411. The molecule has 0 radical (unpaired) electrons. The Kier molecular flexibility index (Phi) is 4.94. The number of aliphatic hydroxyl groups excluding tert-OH is 1. The van der Waals surface area contributed by atoms with E-state index in [1.165, 1.54) is 11.6 Å². The van der Waals surface area contributed by atoms with Gasteiger partial charge in [0.2, 0.25) is 0 Å². The topological polar surface area (TPSA) is 98.4 Å². The van der Waals surface area contributed by atoms with Crippen molar-refractivity contribution in [3.8, 4) is 0 Å². The number of aromatic nitrogens is 3. The van der Waals surface area contributed by atoms with Crippen LogP contribution in [-0.4, -0.2) is 45.6 Å². The van der Waals surface area contributed by atoms with E-state index in [2.05, 4.69) is 10.3 Å². The smallest absolute Gasteiger partial charge is 0.332 e. The molecule has 0 fully saturated rings. The number of rotatable bonds is 6. The molecule has 2 aromatic rings. The van der Waals surface area contributed by atoms with Gasteiger partial charge >= 0.3 is 5.69 Å². The first-order valence-electron chi connectivity index (χ1n) is 6.96. The minimum Gasteiger partial charge on any atom is -0.394 e. The van der Waals surface area contributed by atoms with Gasteiger partial charge in [0.15, 0.2) is 5.65 Å². The number of hydrogen-bond acceptors (Lipinski definition) is 6. The lowest BCUT2D eigenvalue weighted by Gasteiger charge is -2.14. The second kappa shape index (κ2) is 6.71. The Balaban J connectivity index is 2.47. The molecule has 0 spiro atoms. The summed E-state index contributed by atoms with van der Waals surface area (Å²) in [6, 6.07) is 0. The Hall–Kier alpha value is -2.19. The highest BCUT2D eigenvalue weighted by Gasteiger charge is 2.15. The van der Waals surface area contributed by atoms with Crippen LogP contribution < -0.4 is 16.6 Å². The molecule has 0 aliphatic carbocycles. The van der Waals surface area contributed by atoms with Crippen LogP contribution in [0.1, 0.15) is 5.56 Å². The fourth-order valence-electron chi connectivity index (χ4n) is 2.27. The summed E-state index contributed by atoms with van der Waals surface area (Å²) < 4.78 is 7.60. The average molecular weight is 308 g/mol. The maximum absolute atomic E-state index is 12.4. The van der Waals surface area contributed by atoms with Crippen molar-refractivity contribution in [1.82, 2.24) is 14.1 Å². The first-order valence-corrected chi connectivity index (χ1v) is 6.96. The van der Waals surface area contributed by atoms with Crippen molar-refractivity contribution in [2.45, 2.75) is 6.92 Å². The van der Waals surface area contributed by atoms with Crippen LogP contribution in [0.2, 0.25) is 0 Å². The Morgan fingerprint density at radius 1 is 1.27 bits per heavy atom. The number of hydrogen-bond donors (Lipinski definition) is 2. The van der Waals surface area contributed by atoms with Gasteiger partial charge in [-0.2, -0.15) is 0 Å². The molecule has 0 saturated carbocycles. The molecule has 2 rings (SSSR count). The van der Waals surface area contributed by atoms with E-state index in [0.717, 1.165) is 10.1 Å². The predicted molar refractivity (Wildman–Crippen MR) is 83.4 cm³/mol. The highest BCUT2D eigenvalue weighted by Crippen LogP contribution is 2.21. The van der Waals surface area contributed by atoms with E-state index in [4.69, 9.17) is 9.84 Å². The van der Waals surface area contributed by atoms with Crippen molar-refractivity contribution in [3.05, 3.63) is 32.6 Å². The quantitative estimate of drug-likeness (QED) is 0.689. The number of ether oxygens (including phenoxy) is 1. The molecule has 0 aromatic carbocycles. The number of aryl methyl sites for hydroxylation is 2. The molecule has 0 atom stereocenters. The molecular formula is C14H20N4O4. The van der Waals surface area contributed by atoms with E-state index < -0.39 is 5.69 Å². The summed E-state index contributed by atoms with van der Waals surface area (Å²) in [5, 5.41) is 12.2. The number of pyridine rings is 1. The van der Waals surface area contributed by atoms with Crippen LogP contribution >= 0.6 is 0 Å². The molecule has 0 amide bonds. The van der Waals surface area contributed by atoms with Crippen LogP contribution in [0.15, 0.2) is 15.8 Å². The van der Waals surface area contributed by atoms with Crippen molar-refractivity contribution in [3.63, 3.8) is 0 Å². The van der Waals surface area contributed by atoms with E-state index >= 15 is 0 Å². The van der Waals surface area contributed by atoms with E-state index in [-0.39, 0.29) is 18.8 Å². The number of aliphatic hydroxyl groups is 1. The minimum absolute atomic E-state index is 0.0279. The van der Waals surface area contributed by atoms with Crippen molar-refractivity contribution in [2.24, 2.45) is 14.1 Å². The summed E-state index contributed by atoms with van der Waals surface area (Å²) in [7, 11) is 3.03. The molecular weight excluding hydrogens is 288 g/mol. The van der Waals surface area contributed by atoms with Gasteiger partial charge in [-0.05, 0) is 12.5 Å². The Labute approximate surface area is 127 Å². The molecule has 2 heterocycles. The molecule has 0 aliphatic rings. The van der Waals surface area contributed by atoms with Gasteiger partial charge < -0.3 is 15.2 Å². The van der Waals surface area contributed by atoms with Gasteiger partial charge in [-0.15, -0.1) is 0 Å². The lowest BCUT2D eigenvalue weighted by atomic mass is 10.2. The van der Waals surface area contributed by atoms with Crippen molar-refractivity contribution in [2.75, 3.05) is 31.7 Å². The molecule has 22 heavy (non-hydrogen) atoms. The van der Waals surface area contributed by atoms with Gasteiger partial charge in [0.25, 0.3) is 5.56 Å². The van der Waals surface area contributed by atoms with E-state index in [9.17, 15) is 9.59 Å². The summed E-state index contributed by atoms with van der Waals surface area (Å²) in [6.45, 7) is 2.96. The van der Waals surface area contributed by atoms with E-state index in [0.29, 0.717) is 29.9 Å². The summed E-state index contributed by atoms with van der Waals surface area (Å²) in [5.41, 5.74) is 1.01. The van der Waals surface area contributed by atoms with Crippen LogP contribution in [-0.2, 0) is 18.8 Å². The number of fused-ring (bicyclic) bond motifs is 1. The van der Waals surface area contributed by atoms with Crippen molar-refractivity contribution in [1.29, 1.82) is 0 Å². The third-order valence-corrected chi connectivity index (χ3v) is 3.44. The molecule has 8 nitrogen and oxygen atoms in total. The summed E-state index contributed by atoms with van der Waals surface area (Å²) in [4.78, 5) is 28.6. The molecule has 120 valence electrons. The predicted octanol–water partition coefficient (Wildman–Crippen LogP) is -0.639. The first-order chi connectivity index (χ1) is 10.5. The fourth-order valence-corrected chi connectivity index (χ4v) is 2.27. The zero-order valence-corrected chi connectivity index (χ0v) is 12.9. The number of nitrogens with one attached hydrogen (secondary N) is 1. The lowest BCUT2D eigenvalue weighted by molar-refractivity contribution is 0.0992. The Bertz CT molecular complexity index is 794. The Morgan fingerprint density at radius 2 is 2.00 bits per heavy atom. The molecule has 0 saturated heterocycles. The lowest BCUT2D eigenvalue weighted by Crippen LogP contribution is -2.37. The summed E-state index contributed by atoms with van der Waals surface area (Å²) in [5.74, 6) is 0. The highest BCUT2D eigenvalue weighted by molar-refractivity contribution is 5.89. The molecule has 2 N–H and O–H groups in total. The molecule has 2 aromatic heterocycles. The van der Waals surface area contributed by atoms with Crippen molar-refractivity contribution < 1.29 is 9.84 Å². The van der Waals surface area contributed by atoms with Crippen LogP contribution in [0.5, 0.6) is 0 Å². The number of nitrogens with zero attached hydrogens (tertiary/aromatic N) is 3. The van der Waals surface area contributed by atoms with Crippen molar-refractivity contribution >= 4 is 16.7 Å². The molecule has 0 bridgehead atoms. The van der Waals surface area contributed by atoms with E-state index in [1.807, 2.05) is 6.92 Å². The van der Waals surface area contributed by atoms with Crippen LogP contribution in [0, 0.1) is 6.92 Å². The zero-order chi connectivity index (χ0) is 16.3. The third kappa shape index (κ3) is 2.88. The average Bonchev–Trinajstić information content (AvgIpc) is 2.51. The van der Waals surface area contributed by atoms with E-state index in [1.54, 1.807) is 13.2 Å². The van der Waals surface area contributed by atoms with Gasteiger partial charge in [0, 0.05) is 26.8 Å². The molecule has 0 aliphatic heterocycles. The van der Waals surface area contributed by atoms with Gasteiger partial charge in [0.05, 0.1) is 25.5 Å². The standard InChI is InChI=1S/C14H20N4O4/c1-9-8-16-12-10(11(9)15-4-6-22-7-5-19)13(20)18(3)14(21)17(12)2/h8,19H,4-7H2,1-3H3,(H,15,16). The molecule has 8 heteroatoms. The maximum atomic E-state index is 12.4. The monoisotopic (exact) mass is 308 g/mol. The Morgan fingerprint density at radius 3 is 2.68 bits per heavy atom. The summed E-state index contributed by atoms with van der Waals surface area (Å²) >= 11 is 0. The van der Waals surface area contributed by atoms with Crippen LogP contribution in [0.4, 0.5) is 5.69 Å². The van der Waals surface area contributed by atoms with Gasteiger partial charge in [-0.1, -0.05) is 0 Å². The van der Waals surface area contributed by atoms with Crippen LogP contribution in [0.3, 0.4) is 0 Å². The summed E-state index contributed by atoms with van der Waals surface area (Å²) in [6.07, 6.45) is 1.62. The van der Waals surface area contributed by atoms with Gasteiger partial charge in [0.1, 0.15) is 5.39 Å². The zero-order valence-electron chi connectivity index (χ0n) is 12.9. The largest absolute Gasteiger partial charge is 0.394 e. The highest BCUT2D eigenvalue weighted by atomic mass is 16.5. The number of anilines is 1. The third-order valence-electron chi connectivity index (χ3n) is 3.44. The maximum Gasteiger partial charge on any atom is 0.332 e. The second-order valence-corrected chi connectivity index (χ2v) is 4.98.